The minimum Gasteiger partial charge on any atom is -0.390 e. The second-order valence-corrected chi connectivity index (χ2v) is 4.63. The molecule has 0 aromatic rings. The van der Waals surface area contributed by atoms with E-state index in [1.165, 1.54) is 0 Å². The van der Waals surface area contributed by atoms with Gasteiger partial charge in [0, 0.05) is 0 Å². The van der Waals surface area contributed by atoms with Crippen LogP contribution in [0.4, 0.5) is 0 Å². The van der Waals surface area contributed by atoms with Gasteiger partial charge in [-0.3, -0.25) is 5.32 Å². The number of nitrogens with zero attached hydrogens (tertiary/aromatic N) is 1. The van der Waals surface area contributed by atoms with E-state index in [1.807, 2.05) is 6.92 Å². The Morgan fingerprint density at radius 1 is 1.41 bits per heavy atom. The summed E-state index contributed by atoms with van der Waals surface area (Å²) in [5, 5.41) is 33.8. The molecule has 0 saturated carbocycles. The van der Waals surface area contributed by atoms with Gasteiger partial charge in [0.2, 0.25) is 0 Å². The first-order chi connectivity index (χ1) is 8.04. The first kappa shape index (κ1) is 13.2. The highest BCUT2D eigenvalue weighted by Crippen LogP contribution is 2.25. The summed E-state index contributed by atoms with van der Waals surface area (Å²) in [5.41, 5.74) is 3.00. The Hall–Kier alpha value is -0.280. The van der Waals surface area contributed by atoms with Gasteiger partial charge in [0.05, 0.1) is 25.0 Å². The van der Waals surface area contributed by atoms with Gasteiger partial charge in [-0.25, -0.2) is 5.43 Å². The van der Waals surface area contributed by atoms with Crippen LogP contribution in [0.25, 0.3) is 0 Å². The van der Waals surface area contributed by atoms with Gasteiger partial charge in [-0.2, -0.15) is 5.01 Å². The number of ether oxygens (including phenoxy) is 1. The van der Waals surface area contributed by atoms with Crippen LogP contribution in [0.1, 0.15) is 20.3 Å². The molecule has 100 valence electrons. The second kappa shape index (κ2) is 5.15. The van der Waals surface area contributed by atoms with Crippen LogP contribution in [-0.4, -0.2) is 63.8 Å². The molecule has 0 spiro atoms. The van der Waals surface area contributed by atoms with Gasteiger partial charge < -0.3 is 20.1 Å². The molecule has 2 aliphatic heterocycles. The SMILES string of the molecule is CC[C@@H]1O[C@H](N2CNC(C(C)O)N2)[C@@H](O)[C@H]1O. The minimum absolute atomic E-state index is 0.261. The average Bonchev–Trinajstić information content (AvgIpc) is 2.87. The van der Waals surface area contributed by atoms with E-state index < -0.39 is 24.5 Å². The van der Waals surface area contributed by atoms with Gasteiger partial charge >= 0.3 is 0 Å². The van der Waals surface area contributed by atoms with Crippen molar-refractivity contribution in [2.45, 2.75) is 57.1 Å². The fourth-order valence-electron chi connectivity index (χ4n) is 2.23. The fourth-order valence-corrected chi connectivity index (χ4v) is 2.23. The number of hydrogen-bond acceptors (Lipinski definition) is 7. The third-order valence-electron chi connectivity index (χ3n) is 3.32. The molecule has 0 aromatic carbocycles. The highest BCUT2D eigenvalue weighted by Gasteiger charge is 2.46. The number of hydrogen-bond donors (Lipinski definition) is 5. The van der Waals surface area contributed by atoms with E-state index in [2.05, 4.69) is 10.7 Å². The van der Waals surface area contributed by atoms with Crippen LogP contribution in [-0.2, 0) is 4.74 Å². The number of aliphatic hydroxyl groups excluding tert-OH is 3. The first-order valence-electron chi connectivity index (χ1n) is 6.00. The first-order valence-corrected chi connectivity index (χ1v) is 6.00. The van der Waals surface area contributed by atoms with E-state index in [9.17, 15) is 15.3 Å². The summed E-state index contributed by atoms with van der Waals surface area (Å²) in [6, 6.07) is 0. The van der Waals surface area contributed by atoms with E-state index in [0.29, 0.717) is 13.1 Å². The van der Waals surface area contributed by atoms with Crippen LogP contribution >= 0.6 is 0 Å². The molecule has 0 amide bonds. The van der Waals surface area contributed by atoms with E-state index in [4.69, 9.17) is 4.74 Å². The average molecular weight is 247 g/mol. The predicted octanol–water partition coefficient (Wildman–Crippen LogP) is -2.08. The van der Waals surface area contributed by atoms with E-state index >= 15 is 0 Å². The monoisotopic (exact) mass is 247 g/mol. The fraction of sp³-hybridized carbons (Fsp3) is 1.00. The molecule has 6 atom stereocenters. The molecule has 2 rings (SSSR count). The van der Waals surface area contributed by atoms with E-state index in [1.54, 1.807) is 11.9 Å². The van der Waals surface area contributed by atoms with Gasteiger partial charge in [-0.05, 0) is 13.3 Å². The largest absolute Gasteiger partial charge is 0.390 e. The van der Waals surface area contributed by atoms with Crippen molar-refractivity contribution in [3.05, 3.63) is 0 Å². The minimum atomic E-state index is -0.943. The Labute approximate surface area is 100 Å². The molecule has 5 N–H and O–H groups in total. The molecule has 0 bridgehead atoms. The standard InChI is InChI=1S/C10H21N3O4/c1-3-6-7(15)8(16)10(17-6)13-4-11-9(12-13)5(2)14/h5-12,14-16H,3-4H2,1-2H3/t5?,6-,7-,8-,9?,10-/m0/s1. The molecule has 2 aliphatic rings. The third-order valence-corrected chi connectivity index (χ3v) is 3.32. The van der Waals surface area contributed by atoms with Gasteiger partial charge in [0.1, 0.15) is 12.2 Å². The molecular formula is C10H21N3O4. The highest BCUT2D eigenvalue weighted by molar-refractivity contribution is 4.91. The quantitative estimate of drug-likeness (QED) is 0.390. The Bertz CT molecular complexity index is 266. The molecule has 17 heavy (non-hydrogen) atoms. The Balaban J connectivity index is 1.96. The molecular weight excluding hydrogens is 226 g/mol. The van der Waals surface area contributed by atoms with E-state index in [-0.39, 0.29) is 12.3 Å². The lowest BCUT2D eigenvalue weighted by molar-refractivity contribution is -0.104. The topological polar surface area (TPSA) is 97.2 Å². The summed E-state index contributed by atoms with van der Waals surface area (Å²) in [7, 11) is 0. The summed E-state index contributed by atoms with van der Waals surface area (Å²) in [5.74, 6) is 0. The van der Waals surface area contributed by atoms with Crippen LogP contribution in [0.2, 0.25) is 0 Å². The number of nitrogens with one attached hydrogen (secondary N) is 2. The zero-order valence-corrected chi connectivity index (χ0v) is 10.1. The molecule has 7 heteroatoms. The smallest absolute Gasteiger partial charge is 0.153 e. The molecule has 2 unspecified atom stereocenters. The summed E-state index contributed by atoms with van der Waals surface area (Å²) in [6.45, 7) is 4.02. The van der Waals surface area contributed by atoms with Crippen molar-refractivity contribution >= 4 is 0 Å². The maximum atomic E-state index is 9.90. The van der Waals surface area contributed by atoms with Gasteiger partial charge in [0.25, 0.3) is 0 Å². The molecule has 2 heterocycles. The number of rotatable bonds is 3. The van der Waals surface area contributed by atoms with Crippen molar-refractivity contribution in [3.8, 4) is 0 Å². The Morgan fingerprint density at radius 2 is 2.12 bits per heavy atom. The summed E-state index contributed by atoms with van der Waals surface area (Å²) < 4.78 is 5.59. The van der Waals surface area contributed by atoms with Gasteiger partial charge in [0.15, 0.2) is 6.23 Å². The van der Waals surface area contributed by atoms with E-state index in [0.717, 1.165) is 0 Å². The molecule has 0 aromatic heterocycles. The second-order valence-electron chi connectivity index (χ2n) is 4.63. The molecule has 2 fully saturated rings. The summed E-state index contributed by atoms with van der Waals surface area (Å²) in [6.07, 6.45) is -2.91. The van der Waals surface area contributed by atoms with Gasteiger partial charge in [-0.15, -0.1) is 0 Å². The van der Waals surface area contributed by atoms with Crippen molar-refractivity contribution < 1.29 is 20.1 Å². The highest BCUT2D eigenvalue weighted by atomic mass is 16.6. The Kier molecular flexibility index (Phi) is 3.99. The zero-order chi connectivity index (χ0) is 12.6. The van der Waals surface area contributed by atoms with Crippen molar-refractivity contribution in [3.63, 3.8) is 0 Å². The Morgan fingerprint density at radius 3 is 2.59 bits per heavy atom. The van der Waals surface area contributed by atoms with Crippen LogP contribution < -0.4 is 10.7 Å². The molecule has 7 nitrogen and oxygen atoms in total. The number of aliphatic hydroxyl groups is 3. The van der Waals surface area contributed by atoms with Crippen molar-refractivity contribution in [1.29, 1.82) is 0 Å². The maximum absolute atomic E-state index is 9.90. The summed E-state index contributed by atoms with van der Waals surface area (Å²) in [4.78, 5) is 0. The maximum Gasteiger partial charge on any atom is 0.153 e. The van der Waals surface area contributed by atoms with Crippen molar-refractivity contribution in [2.24, 2.45) is 0 Å². The molecule has 0 aliphatic carbocycles. The van der Waals surface area contributed by atoms with Crippen LogP contribution in [0.5, 0.6) is 0 Å². The van der Waals surface area contributed by atoms with Gasteiger partial charge in [-0.1, -0.05) is 6.92 Å². The third kappa shape index (κ3) is 2.45. The zero-order valence-electron chi connectivity index (χ0n) is 10.1. The number of hydrazine groups is 1. The van der Waals surface area contributed by atoms with Crippen molar-refractivity contribution in [1.82, 2.24) is 15.8 Å². The van der Waals surface area contributed by atoms with Crippen LogP contribution in [0, 0.1) is 0 Å². The summed E-state index contributed by atoms with van der Waals surface area (Å²) >= 11 is 0. The van der Waals surface area contributed by atoms with Crippen LogP contribution in [0.3, 0.4) is 0 Å². The van der Waals surface area contributed by atoms with Crippen LogP contribution in [0.15, 0.2) is 0 Å². The lowest BCUT2D eigenvalue weighted by atomic mass is 10.1. The lowest BCUT2D eigenvalue weighted by Crippen LogP contribution is -2.50. The normalized spacial score (nSPS) is 45.4. The predicted molar refractivity (Wildman–Crippen MR) is 59.4 cm³/mol. The molecule has 2 saturated heterocycles. The lowest BCUT2D eigenvalue weighted by Gasteiger charge is -2.26. The molecule has 0 radical (unpaired) electrons. The van der Waals surface area contributed by atoms with Crippen molar-refractivity contribution in [2.75, 3.05) is 6.67 Å².